The van der Waals surface area contributed by atoms with E-state index in [-0.39, 0.29) is 11.8 Å². The molecule has 5 nitrogen and oxygen atoms in total. The first-order valence-electron chi connectivity index (χ1n) is 11.4. The van der Waals surface area contributed by atoms with Crippen molar-refractivity contribution in [2.75, 3.05) is 5.32 Å². The fourth-order valence-corrected chi connectivity index (χ4v) is 4.95. The van der Waals surface area contributed by atoms with Gasteiger partial charge in [-0.05, 0) is 71.9 Å². The average Bonchev–Trinajstić information content (AvgIpc) is 2.83. The fraction of sp³-hybridized carbons (Fsp3) is 0.138. The van der Waals surface area contributed by atoms with Crippen LogP contribution in [-0.2, 0) is 6.42 Å². The summed E-state index contributed by atoms with van der Waals surface area (Å²) in [5, 5.41) is 14.0. The summed E-state index contributed by atoms with van der Waals surface area (Å²) in [6.07, 6.45) is 3.49. The maximum atomic E-state index is 12.7. The first kappa shape index (κ1) is 22.8. The summed E-state index contributed by atoms with van der Waals surface area (Å²) in [7, 11) is 0. The van der Waals surface area contributed by atoms with Crippen LogP contribution in [0.5, 0.6) is 0 Å². The molecule has 0 saturated carbocycles. The Bertz CT molecular complexity index is 1510. The van der Waals surface area contributed by atoms with E-state index in [1.165, 1.54) is 0 Å². The van der Waals surface area contributed by atoms with E-state index in [9.17, 15) is 14.7 Å². The summed E-state index contributed by atoms with van der Waals surface area (Å²) in [5.41, 5.74) is 5.46. The summed E-state index contributed by atoms with van der Waals surface area (Å²) in [6, 6.07) is 21.8. The number of amides is 1. The van der Waals surface area contributed by atoms with Crippen molar-refractivity contribution in [3.63, 3.8) is 0 Å². The molecule has 0 bridgehead atoms. The number of carbonyl (C=O) groups excluding carboxylic acids is 1. The van der Waals surface area contributed by atoms with Crippen LogP contribution in [0.25, 0.3) is 22.6 Å². The fourth-order valence-electron chi connectivity index (χ4n) is 4.73. The number of allylic oxidation sites excluding steroid dienone is 1. The van der Waals surface area contributed by atoms with Crippen LogP contribution in [-0.4, -0.2) is 22.0 Å². The van der Waals surface area contributed by atoms with Crippen molar-refractivity contribution in [3.8, 4) is 0 Å². The molecule has 1 unspecified atom stereocenters. The van der Waals surface area contributed by atoms with Gasteiger partial charge in [-0.15, -0.1) is 0 Å². The second kappa shape index (κ2) is 9.35. The third-order valence-corrected chi connectivity index (χ3v) is 6.57. The number of fused-ring (bicyclic) bond motifs is 2. The molecule has 1 aliphatic rings. The number of halogens is 1. The molecule has 1 amide bonds. The number of hydrogen-bond acceptors (Lipinski definition) is 3. The van der Waals surface area contributed by atoms with Crippen LogP contribution in [0.2, 0.25) is 5.02 Å². The number of carbonyl (C=O) groups is 2. The molecule has 0 radical (unpaired) electrons. The lowest BCUT2D eigenvalue weighted by Gasteiger charge is -2.26. The molecule has 0 fully saturated rings. The van der Waals surface area contributed by atoms with E-state index in [1.807, 2.05) is 54.6 Å². The molecular formula is C29H23ClN2O3. The molecule has 1 aromatic heterocycles. The lowest BCUT2D eigenvalue weighted by molar-refractivity contribution is 0.0697. The Labute approximate surface area is 208 Å². The second-order valence-electron chi connectivity index (χ2n) is 8.88. The lowest BCUT2D eigenvalue weighted by Crippen LogP contribution is -2.17. The Morgan fingerprint density at radius 2 is 1.80 bits per heavy atom. The monoisotopic (exact) mass is 482 g/mol. The van der Waals surface area contributed by atoms with Crippen molar-refractivity contribution < 1.29 is 14.7 Å². The van der Waals surface area contributed by atoms with Crippen LogP contribution in [0.15, 0.2) is 72.8 Å². The third kappa shape index (κ3) is 4.55. The lowest BCUT2D eigenvalue weighted by atomic mass is 9.80. The Balaban J connectivity index is 1.54. The predicted molar refractivity (Wildman–Crippen MR) is 140 cm³/mol. The summed E-state index contributed by atoms with van der Waals surface area (Å²) >= 11 is 6.16. The van der Waals surface area contributed by atoms with Gasteiger partial charge in [-0.25, -0.2) is 9.78 Å². The molecule has 5 rings (SSSR count). The van der Waals surface area contributed by atoms with Crippen molar-refractivity contribution in [2.24, 2.45) is 5.92 Å². The van der Waals surface area contributed by atoms with Gasteiger partial charge in [0.2, 0.25) is 0 Å². The highest BCUT2D eigenvalue weighted by atomic mass is 35.5. The van der Waals surface area contributed by atoms with Crippen LogP contribution in [0, 0.1) is 5.92 Å². The van der Waals surface area contributed by atoms with E-state index in [2.05, 4.69) is 12.2 Å². The van der Waals surface area contributed by atoms with E-state index in [4.69, 9.17) is 16.6 Å². The molecule has 0 saturated heterocycles. The maximum Gasteiger partial charge on any atom is 0.336 e. The zero-order chi connectivity index (χ0) is 24.5. The number of benzene rings is 3. The maximum absolute atomic E-state index is 12.7. The minimum absolute atomic E-state index is 0.276. The zero-order valence-electron chi connectivity index (χ0n) is 19.1. The van der Waals surface area contributed by atoms with Crippen LogP contribution in [0.3, 0.4) is 0 Å². The molecule has 3 aromatic carbocycles. The number of para-hydroxylation sites is 1. The zero-order valence-corrected chi connectivity index (χ0v) is 19.8. The average molecular weight is 483 g/mol. The molecule has 1 heterocycles. The summed E-state index contributed by atoms with van der Waals surface area (Å²) in [5.74, 6) is -0.938. The summed E-state index contributed by atoms with van der Waals surface area (Å²) < 4.78 is 0. The van der Waals surface area contributed by atoms with E-state index < -0.39 is 5.97 Å². The number of nitrogens with one attached hydrogen (secondary N) is 1. The van der Waals surface area contributed by atoms with E-state index in [1.54, 1.807) is 24.3 Å². The van der Waals surface area contributed by atoms with Gasteiger partial charge in [0, 0.05) is 11.1 Å². The van der Waals surface area contributed by atoms with Gasteiger partial charge >= 0.3 is 5.97 Å². The molecule has 174 valence electrons. The van der Waals surface area contributed by atoms with Crippen molar-refractivity contribution >= 4 is 51.7 Å². The van der Waals surface area contributed by atoms with Crippen molar-refractivity contribution in [1.82, 2.24) is 4.98 Å². The van der Waals surface area contributed by atoms with Gasteiger partial charge in [0.05, 0.1) is 27.4 Å². The van der Waals surface area contributed by atoms with Crippen LogP contribution < -0.4 is 5.32 Å². The molecule has 0 spiro atoms. The van der Waals surface area contributed by atoms with Gasteiger partial charge in [-0.3, -0.25) is 4.79 Å². The standard InChI is InChI=1S/C29H23ClN2O3/c1-17-13-19(27-23(14-17)26(29(34)35)22-10-3-5-12-25(22)32-27)15-18-7-6-8-20(16-18)31-28(33)21-9-2-4-11-24(21)30/h2-12,15-17H,13-14H2,1H3,(H,31,33)(H,34,35)/b19-15-. The summed E-state index contributed by atoms with van der Waals surface area (Å²) in [4.78, 5) is 29.8. The van der Waals surface area contributed by atoms with E-state index >= 15 is 0 Å². The summed E-state index contributed by atoms with van der Waals surface area (Å²) in [6.45, 7) is 2.12. The first-order chi connectivity index (χ1) is 16.9. The number of hydrogen-bond donors (Lipinski definition) is 2. The highest BCUT2D eigenvalue weighted by Gasteiger charge is 2.27. The molecule has 35 heavy (non-hydrogen) atoms. The first-order valence-corrected chi connectivity index (χ1v) is 11.8. The molecule has 2 N–H and O–H groups in total. The molecular weight excluding hydrogens is 460 g/mol. The quantitative estimate of drug-likeness (QED) is 0.329. The number of anilines is 1. The van der Waals surface area contributed by atoms with Crippen molar-refractivity contribution in [2.45, 2.75) is 19.8 Å². The third-order valence-electron chi connectivity index (χ3n) is 6.24. The number of aromatic carboxylic acids is 1. The topological polar surface area (TPSA) is 79.3 Å². The van der Waals surface area contributed by atoms with Gasteiger partial charge in [0.1, 0.15) is 0 Å². The van der Waals surface area contributed by atoms with Gasteiger partial charge in [0.25, 0.3) is 5.91 Å². The highest BCUT2D eigenvalue weighted by molar-refractivity contribution is 6.34. The number of rotatable bonds is 4. The molecule has 1 atom stereocenters. The molecule has 4 aromatic rings. The Hall–Kier alpha value is -3.96. The van der Waals surface area contributed by atoms with Crippen LogP contribution in [0.4, 0.5) is 5.69 Å². The molecule has 0 aliphatic heterocycles. The Kier molecular flexibility index (Phi) is 6.10. The largest absolute Gasteiger partial charge is 0.478 e. The van der Waals surface area contributed by atoms with Gasteiger partial charge in [0.15, 0.2) is 0 Å². The van der Waals surface area contributed by atoms with Gasteiger partial charge < -0.3 is 10.4 Å². The smallest absolute Gasteiger partial charge is 0.336 e. The van der Waals surface area contributed by atoms with Gasteiger partial charge in [-0.1, -0.05) is 61.0 Å². The normalized spacial score (nSPS) is 16.2. The second-order valence-corrected chi connectivity index (χ2v) is 9.29. The van der Waals surface area contributed by atoms with E-state index in [0.29, 0.717) is 39.2 Å². The minimum atomic E-state index is -0.933. The van der Waals surface area contributed by atoms with Gasteiger partial charge in [-0.2, -0.15) is 0 Å². The van der Waals surface area contributed by atoms with Crippen molar-refractivity contribution in [3.05, 3.63) is 106 Å². The Morgan fingerprint density at radius 1 is 1.03 bits per heavy atom. The van der Waals surface area contributed by atoms with Crippen LogP contribution >= 0.6 is 11.6 Å². The van der Waals surface area contributed by atoms with Crippen molar-refractivity contribution in [1.29, 1.82) is 0 Å². The molecule has 1 aliphatic carbocycles. The highest BCUT2D eigenvalue weighted by Crippen LogP contribution is 2.38. The number of carboxylic acids is 1. The number of nitrogens with zero attached hydrogens (tertiary/aromatic N) is 1. The minimum Gasteiger partial charge on any atom is -0.478 e. The number of aromatic nitrogens is 1. The predicted octanol–water partition coefficient (Wildman–Crippen LogP) is 6.96. The number of carboxylic acid groups (broad SMARTS) is 1. The SMILES string of the molecule is CC1C/C(=C/c2cccc(NC(=O)c3ccccc3Cl)c2)c2nc3ccccc3c(C(=O)O)c2C1. The number of pyridine rings is 1. The molecule has 6 heteroatoms. The van der Waals surface area contributed by atoms with E-state index in [0.717, 1.165) is 28.8 Å². The Morgan fingerprint density at radius 3 is 2.60 bits per heavy atom. The van der Waals surface area contributed by atoms with Crippen LogP contribution in [0.1, 0.15) is 50.9 Å².